The van der Waals surface area contributed by atoms with Crippen LogP contribution < -0.4 is 5.32 Å². The molecule has 0 unspecified atom stereocenters. The first-order valence-electron chi connectivity index (χ1n) is 5.41. The average Bonchev–Trinajstić information content (AvgIpc) is 2.77. The Bertz CT molecular complexity index is 551. The Hall–Kier alpha value is -1.78. The molecule has 0 atom stereocenters. The fraction of sp³-hybridized carbons (Fsp3) is 0.154. The minimum Gasteiger partial charge on any atom is -0.475 e. The number of carboxylic acid groups (broad SMARTS) is 1. The van der Waals surface area contributed by atoms with E-state index >= 15 is 0 Å². The molecule has 0 saturated heterocycles. The van der Waals surface area contributed by atoms with Crippen LogP contribution in [0.4, 0.5) is 0 Å². The Kier molecular flexibility index (Phi) is 4.02. The number of furan rings is 1. The Balaban J connectivity index is 1.92. The fourth-order valence-corrected chi connectivity index (χ4v) is 1.86. The van der Waals surface area contributed by atoms with Crippen molar-refractivity contribution < 1.29 is 14.3 Å². The molecule has 0 saturated carbocycles. The molecule has 0 spiro atoms. The van der Waals surface area contributed by atoms with Gasteiger partial charge >= 0.3 is 5.97 Å². The minimum atomic E-state index is -1.06. The SMILES string of the molecule is O=C(O)c1occc1CNCc1cccc(Cl)c1. The number of carbonyl (C=O) groups is 1. The van der Waals surface area contributed by atoms with Gasteiger partial charge in [-0.3, -0.25) is 0 Å². The van der Waals surface area contributed by atoms with Crippen molar-refractivity contribution in [3.63, 3.8) is 0 Å². The summed E-state index contributed by atoms with van der Waals surface area (Å²) in [6.07, 6.45) is 1.37. The molecular formula is C13H12ClNO3. The van der Waals surface area contributed by atoms with Crippen LogP contribution in [0.2, 0.25) is 5.02 Å². The molecule has 0 aliphatic heterocycles. The van der Waals surface area contributed by atoms with Crippen LogP contribution in [0.5, 0.6) is 0 Å². The third-order valence-corrected chi connectivity index (χ3v) is 2.71. The van der Waals surface area contributed by atoms with Gasteiger partial charge in [0.1, 0.15) is 0 Å². The van der Waals surface area contributed by atoms with Crippen molar-refractivity contribution in [3.05, 3.63) is 58.5 Å². The second kappa shape index (κ2) is 5.71. The number of carboxylic acids is 1. The van der Waals surface area contributed by atoms with Gasteiger partial charge in [0.05, 0.1) is 6.26 Å². The molecule has 0 aliphatic rings. The van der Waals surface area contributed by atoms with E-state index in [1.165, 1.54) is 6.26 Å². The lowest BCUT2D eigenvalue weighted by Gasteiger charge is -2.04. The smallest absolute Gasteiger partial charge is 0.372 e. The molecule has 2 rings (SSSR count). The molecule has 5 heteroatoms. The highest BCUT2D eigenvalue weighted by Gasteiger charge is 2.12. The molecule has 4 nitrogen and oxygen atoms in total. The molecule has 0 amide bonds. The highest BCUT2D eigenvalue weighted by Crippen LogP contribution is 2.12. The molecule has 0 fully saturated rings. The zero-order valence-electron chi connectivity index (χ0n) is 9.52. The molecule has 2 aromatic rings. The first-order chi connectivity index (χ1) is 8.66. The maximum Gasteiger partial charge on any atom is 0.372 e. The van der Waals surface area contributed by atoms with Crippen LogP contribution in [-0.2, 0) is 13.1 Å². The number of hydrogen-bond acceptors (Lipinski definition) is 3. The van der Waals surface area contributed by atoms with Gasteiger partial charge in [0, 0.05) is 23.7 Å². The van der Waals surface area contributed by atoms with Gasteiger partial charge < -0.3 is 14.8 Å². The van der Waals surface area contributed by atoms with Gasteiger partial charge in [-0.2, -0.15) is 0 Å². The van der Waals surface area contributed by atoms with Crippen LogP contribution >= 0.6 is 11.6 Å². The lowest BCUT2D eigenvalue weighted by molar-refractivity contribution is 0.0660. The first-order valence-corrected chi connectivity index (χ1v) is 5.79. The summed E-state index contributed by atoms with van der Waals surface area (Å²) >= 11 is 5.87. The lowest BCUT2D eigenvalue weighted by atomic mass is 10.2. The number of aromatic carboxylic acids is 1. The minimum absolute atomic E-state index is 0.0198. The summed E-state index contributed by atoms with van der Waals surface area (Å²) in [6, 6.07) is 9.15. The Morgan fingerprint density at radius 2 is 2.17 bits per heavy atom. The molecule has 0 bridgehead atoms. The van der Waals surface area contributed by atoms with Gasteiger partial charge in [0.15, 0.2) is 0 Å². The van der Waals surface area contributed by atoms with Crippen LogP contribution in [0.1, 0.15) is 21.7 Å². The molecule has 1 aromatic heterocycles. The Labute approximate surface area is 109 Å². The number of hydrogen-bond donors (Lipinski definition) is 2. The van der Waals surface area contributed by atoms with E-state index in [2.05, 4.69) is 5.32 Å². The van der Waals surface area contributed by atoms with E-state index in [4.69, 9.17) is 21.1 Å². The predicted molar refractivity (Wildman–Crippen MR) is 67.7 cm³/mol. The molecule has 2 N–H and O–H groups in total. The Morgan fingerprint density at radius 3 is 2.89 bits per heavy atom. The van der Waals surface area contributed by atoms with E-state index < -0.39 is 5.97 Å². The van der Waals surface area contributed by atoms with E-state index in [1.807, 2.05) is 24.3 Å². The van der Waals surface area contributed by atoms with Crippen molar-refractivity contribution in [2.24, 2.45) is 0 Å². The number of benzene rings is 1. The zero-order chi connectivity index (χ0) is 13.0. The van der Waals surface area contributed by atoms with Crippen molar-refractivity contribution in [2.75, 3.05) is 0 Å². The standard InChI is InChI=1S/C13H12ClNO3/c14-11-3-1-2-9(6-11)7-15-8-10-4-5-18-12(10)13(16)17/h1-6,15H,7-8H2,(H,16,17). The lowest BCUT2D eigenvalue weighted by Crippen LogP contribution is -2.14. The average molecular weight is 266 g/mol. The second-order valence-corrected chi connectivity index (χ2v) is 4.25. The highest BCUT2D eigenvalue weighted by molar-refractivity contribution is 6.30. The summed E-state index contributed by atoms with van der Waals surface area (Å²) in [5.74, 6) is -1.08. The summed E-state index contributed by atoms with van der Waals surface area (Å²) in [7, 11) is 0. The monoisotopic (exact) mass is 265 g/mol. The van der Waals surface area contributed by atoms with Gasteiger partial charge in [0.2, 0.25) is 5.76 Å². The predicted octanol–water partition coefficient (Wildman–Crippen LogP) is 2.92. The summed E-state index contributed by atoms with van der Waals surface area (Å²) in [6.45, 7) is 1.05. The summed E-state index contributed by atoms with van der Waals surface area (Å²) in [5.41, 5.74) is 1.67. The topological polar surface area (TPSA) is 62.5 Å². The van der Waals surface area contributed by atoms with Gasteiger partial charge in [-0.1, -0.05) is 23.7 Å². The Morgan fingerprint density at radius 1 is 1.33 bits per heavy atom. The van der Waals surface area contributed by atoms with Crippen LogP contribution in [0.25, 0.3) is 0 Å². The first kappa shape index (κ1) is 12.7. The number of halogens is 1. The molecular weight excluding hydrogens is 254 g/mol. The summed E-state index contributed by atoms with van der Waals surface area (Å²) < 4.78 is 4.89. The van der Waals surface area contributed by atoms with E-state index in [-0.39, 0.29) is 5.76 Å². The van der Waals surface area contributed by atoms with Gasteiger partial charge in [0.25, 0.3) is 0 Å². The molecule has 1 aromatic carbocycles. The molecule has 18 heavy (non-hydrogen) atoms. The van der Waals surface area contributed by atoms with E-state index in [1.54, 1.807) is 6.07 Å². The van der Waals surface area contributed by atoms with Crippen molar-refractivity contribution >= 4 is 17.6 Å². The van der Waals surface area contributed by atoms with Crippen molar-refractivity contribution in [3.8, 4) is 0 Å². The zero-order valence-corrected chi connectivity index (χ0v) is 10.3. The highest BCUT2D eigenvalue weighted by atomic mass is 35.5. The quantitative estimate of drug-likeness (QED) is 0.873. The number of nitrogens with one attached hydrogen (secondary N) is 1. The van der Waals surface area contributed by atoms with Gasteiger partial charge in [-0.25, -0.2) is 4.79 Å². The maximum absolute atomic E-state index is 10.8. The third-order valence-electron chi connectivity index (χ3n) is 2.47. The van der Waals surface area contributed by atoms with Gasteiger partial charge in [-0.05, 0) is 23.8 Å². The number of rotatable bonds is 5. The third kappa shape index (κ3) is 3.12. The normalized spacial score (nSPS) is 10.5. The molecule has 0 radical (unpaired) electrons. The van der Waals surface area contributed by atoms with Crippen LogP contribution in [-0.4, -0.2) is 11.1 Å². The molecule has 0 aliphatic carbocycles. The summed E-state index contributed by atoms with van der Waals surface area (Å²) in [4.78, 5) is 10.8. The second-order valence-electron chi connectivity index (χ2n) is 3.81. The van der Waals surface area contributed by atoms with Gasteiger partial charge in [-0.15, -0.1) is 0 Å². The van der Waals surface area contributed by atoms with Crippen molar-refractivity contribution in [2.45, 2.75) is 13.1 Å². The van der Waals surface area contributed by atoms with Crippen molar-refractivity contribution in [1.82, 2.24) is 5.32 Å². The fourth-order valence-electron chi connectivity index (χ4n) is 1.65. The largest absolute Gasteiger partial charge is 0.475 e. The summed E-state index contributed by atoms with van der Waals surface area (Å²) in [5, 5.41) is 12.7. The molecule has 1 heterocycles. The van der Waals surface area contributed by atoms with E-state index in [9.17, 15) is 4.79 Å². The van der Waals surface area contributed by atoms with Crippen LogP contribution in [0.15, 0.2) is 41.0 Å². The molecule has 94 valence electrons. The maximum atomic E-state index is 10.8. The van der Waals surface area contributed by atoms with E-state index in [0.29, 0.717) is 23.7 Å². The van der Waals surface area contributed by atoms with Crippen LogP contribution in [0, 0.1) is 0 Å². The van der Waals surface area contributed by atoms with Crippen molar-refractivity contribution in [1.29, 1.82) is 0 Å². The van der Waals surface area contributed by atoms with E-state index in [0.717, 1.165) is 5.56 Å². The van der Waals surface area contributed by atoms with Crippen LogP contribution in [0.3, 0.4) is 0 Å².